The van der Waals surface area contributed by atoms with Crippen molar-refractivity contribution < 1.29 is 4.74 Å². The average Bonchev–Trinajstić information content (AvgIpc) is 2.29. The van der Waals surface area contributed by atoms with Crippen LogP contribution in [-0.4, -0.2) is 26.7 Å². The quantitative estimate of drug-likeness (QED) is 0.796. The topological polar surface area (TPSA) is 33.3 Å². The van der Waals surface area contributed by atoms with E-state index >= 15 is 0 Å². The van der Waals surface area contributed by atoms with E-state index in [1.165, 1.54) is 18.4 Å². The summed E-state index contributed by atoms with van der Waals surface area (Å²) in [6.07, 6.45) is 2.52. The van der Waals surface area contributed by atoms with Crippen molar-refractivity contribution in [1.82, 2.24) is 10.6 Å². The van der Waals surface area contributed by atoms with Crippen LogP contribution in [0.25, 0.3) is 0 Å². The standard InChI is InChI=1S/C13H20N2O/c1-16-12-6-4-11(5-7-12)13-10-14-8-2-3-9-15-13/h4-7,13-15H,2-3,8-10H2,1H3. The van der Waals surface area contributed by atoms with Crippen molar-refractivity contribution in [3.05, 3.63) is 29.8 Å². The average molecular weight is 220 g/mol. The maximum absolute atomic E-state index is 5.17. The van der Waals surface area contributed by atoms with Crippen molar-refractivity contribution in [2.24, 2.45) is 0 Å². The van der Waals surface area contributed by atoms with E-state index in [1.54, 1.807) is 7.11 Å². The number of benzene rings is 1. The van der Waals surface area contributed by atoms with Gasteiger partial charge < -0.3 is 15.4 Å². The Kier molecular flexibility index (Phi) is 4.19. The van der Waals surface area contributed by atoms with Crippen molar-refractivity contribution in [1.29, 1.82) is 0 Å². The number of rotatable bonds is 2. The van der Waals surface area contributed by atoms with Crippen LogP contribution in [-0.2, 0) is 0 Å². The molecular formula is C13H20N2O. The van der Waals surface area contributed by atoms with Gasteiger partial charge in [0, 0.05) is 12.6 Å². The van der Waals surface area contributed by atoms with Crippen LogP contribution in [0.5, 0.6) is 5.75 Å². The second-order valence-electron chi connectivity index (χ2n) is 4.19. The summed E-state index contributed by atoms with van der Waals surface area (Å²) in [7, 11) is 1.70. The Labute approximate surface area is 97.2 Å². The van der Waals surface area contributed by atoms with Crippen LogP contribution in [0.1, 0.15) is 24.4 Å². The monoisotopic (exact) mass is 220 g/mol. The first-order valence-corrected chi connectivity index (χ1v) is 5.98. The summed E-state index contributed by atoms with van der Waals surface area (Å²) in [6.45, 7) is 3.25. The molecule has 0 bridgehead atoms. The molecule has 3 heteroatoms. The van der Waals surface area contributed by atoms with E-state index in [9.17, 15) is 0 Å². The van der Waals surface area contributed by atoms with Crippen LogP contribution in [0.4, 0.5) is 0 Å². The number of hydrogen-bond acceptors (Lipinski definition) is 3. The predicted octanol–water partition coefficient (Wildman–Crippen LogP) is 1.71. The fourth-order valence-electron chi connectivity index (χ4n) is 2.04. The van der Waals surface area contributed by atoms with Gasteiger partial charge in [-0.05, 0) is 43.6 Å². The summed E-state index contributed by atoms with van der Waals surface area (Å²) in [4.78, 5) is 0. The Morgan fingerprint density at radius 2 is 1.88 bits per heavy atom. The molecule has 1 aliphatic heterocycles. The van der Waals surface area contributed by atoms with Gasteiger partial charge in [0.15, 0.2) is 0 Å². The molecule has 0 spiro atoms. The van der Waals surface area contributed by atoms with Crippen molar-refractivity contribution in [3.8, 4) is 5.75 Å². The molecule has 16 heavy (non-hydrogen) atoms. The Morgan fingerprint density at radius 1 is 1.12 bits per heavy atom. The molecule has 88 valence electrons. The van der Waals surface area contributed by atoms with Gasteiger partial charge >= 0.3 is 0 Å². The fraction of sp³-hybridized carbons (Fsp3) is 0.538. The molecule has 1 unspecified atom stereocenters. The van der Waals surface area contributed by atoms with E-state index < -0.39 is 0 Å². The number of nitrogens with one attached hydrogen (secondary N) is 2. The molecule has 1 fully saturated rings. The van der Waals surface area contributed by atoms with Gasteiger partial charge in [0.1, 0.15) is 5.75 Å². The first kappa shape index (κ1) is 11.4. The highest BCUT2D eigenvalue weighted by Crippen LogP contribution is 2.17. The number of hydrogen-bond donors (Lipinski definition) is 2. The Hall–Kier alpha value is -1.06. The Balaban J connectivity index is 2.02. The van der Waals surface area contributed by atoms with E-state index in [2.05, 4.69) is 22.8 Å². The largest absolute Gasteiger partial charge is 0.497 e. The molecule has 1 saturated heterocycles. The van der Waals surface area contributed by atoms with E-state index in [1.807, 2.05) is 12.1 Å². The summed E-state index contributed by atoms with van der Waals surface area (Å²) in [5.41, 5.74) is 1.33. The highest BCUT2D eigenvalue weighted by atomic mass is 16.5. The number of ether oxygens (including phenoxy) is 1. The summed E-state index contributed by atoms with van der Waals surface area (Å²) in [6, 6.07) is 8.75. The van der Waals surface area contributed by atoms with Gasteiger partial charge in [-0.3, -0.25) is 0 Å². The van der Waals surface area contributed by atoms with Crippen LogP contribution in [0.3, 0.4) is 0 Å². The Bertz CT molecular complexity index is 302. The van der Waals surface area contributed by atoms with Crippen molar-refractivity contribution in [3.63, 3.8) is 0 Å². The first-order valence-electron chi connectivity index (χ1n) is 5.98. The van der Waals surface area contributed by atoms with Gasteiger partial charge in [-0.1, -0.05) is 12.1 Å². The SMILES string of the molecule is COc1ccc(C2CNCCCCN2)cc1. The second kappa shape index (κ2) is 5.87. The zero-order valence-electron chi connectivity index (χ0n) is 9.83. The molecule has 3 nitrogen and oxygen atoms in total. The van der Waals surface area contributed by atoms with Gasteiger partial charge in [-0.15, -0.1) is 0 Å². The lowest BCUT2D eigenvalue weighted by Crippen LogP contribution is -2.35. The molecule has 0 amide bonds. The van der Waals surface area contributed by atoms with Gasteiger partial charge in [0.05, 0.1) is 7.11 Å². The maximum atomic E-state index is 5.17. The Morgan fingerprint density at radius 3 is 2.62 bits per heavy atom. The van der Waals surface area contributed by atoms with Crippen LogP contribution >= 0.6 is 0 Å². The molecule has 2 N–H and O–H groups in total. The molecule has 1 heterocycles. The molecule has 0 aromatic heterocycles. The predicted molar refractivity (Wildman–Crippen MR) is 65.8 cm³/mol. The first-order chi connectivity index (χ1) is 7.90. The van der Waals surface area contributed by atoms with E-state index in [0.29, 0.717) is 6.04 Å². The third-order valence-corrected chi connectivity index (χ3v) is 3.04. The molecule has 2 rings (SSSR count). The van der Waals surface area contributed by atoms with Gasteiger partial charge in [-0.2, -0.15) is 0 Å². The lowest BCUT2D eigenvalue weighted by molar-refractivity contribution is 0.413. The third kappa shape index (κ3) is 2.97. The molecular weight excluding hydrogens is 200 g/mol. The minimum Gasteiger partial charge on any atom is -0.497 e. The highest BCUT2D eigenvalue weighted by Gasteiger charge is 2.11. The van der Waals surface area contributed by atoms with Gasteiger partial charge in [0.25, 0.3) is 0 Å². The number of methoxy groups -OCH3 is 1. The zero-order chi connectivity index (χ0) is 11.2. The van der Waals surface area contributed by atoms with Crippen molar-refractivity contribution in [2.75, 3.05) is 26.7 Å². The van der Waals surface area contributed by atoms with Gasteiger partial charge in [0.2, 0.25) is 0 Å². The van der Waals surface area contributed by atoms with E-state index in [-0.39, 0.29) is 0 Å². The van der Waals surface area contributed by atoms with Crippen LogP contribution < -0.4 is 15.4 Å². The van der Waals surface area contributed by atoms with Crippen molar-refractivity contribution >= 4 is 0 Å². The lowest BCUT2D eigenvalue weighted by Gasteiger charge is -2.22. The molecule has 0 aliphatic carbocycles. The van der Waals surface area contributed by atoms with E-state index in [0.717, 1.165) is 25.4 Å². The molecule has 1 aromatic rings. The van der Waals surface area contributed by atoms with Gasteiger partial charge in [-0.25, -0.2) is 0 Å². The minimum absolute atomic E-state index is 0.422. The summed E-state index contributed by atoms with van der Waals surface area (Å²) >= 11 is 0. The third-order valence-electron chi connectivity index (χ3n) is 3.04. The fourth-order valence-corrected chi connectivity index (χ4v) is 2.04. The molecule has 1 atom stereocenters. The van der Waals surface area contributed by atoms with Crippen molar-refractivity contribution in [2.45, 2.75) is 18.9 Å². The maximum Gasteiger partial charge on any atom is 0.118 e. The molecule has 1 aliphatic rings. The second-order valence-corrected chi connectivity index (χ2v) is 4.19. The van der Waals surface area contributed by atoms with E-state index in [4.69, 9.17) is 4.74 Å². The zero-order valence-corrected chi connectivity index (χ0v) is 9.83. The normalized spacial score (nSPS) is 22.2. The minimum atomic E-state index is 0.422. The summed E-state index contributed by atoms with van der Waals surface area (Å²) in [5.74, 6) is 0.919. The molecule has 0 radical (unpaired) electrons. The van der Waals surface area contributed by atoms with Crippen LogP contribution in [0.15, 0.2) is 24.3 Å². The molecule has 1 aromatic carbocycles. The highest BCUT2D eigenvalue weighted by molar-refractivity contribution is 5.29. The summed E-state index contributed by atoms with van der Waals surface area (Å²) < 4.78 is 5.17. The van der Waals surface area contributed by atoms with Crippen LogP contribution in [0.2, 0.25) is 0 Å². The molecule has 0 saturated carbocycles. The lowest BCUT2D eigenvalue weighted by atomic mass is 10.1. The van der Waals surface area contributed by atoms with Crippen LogP contribution in [0, 0.1) is 0 Å². The smallest absolute Gasteiger partial charge is 0.118 e. The summed E-state index contributed by atoms with van der Waals surface area (Å²) in [5, 5.41) is 7.04.